The number of nitro benzene ring substituents is 1. The molecule has 0 radical (unpaired) electrons. The van der Waals surface area contributed by atoms with Crippen molar-refractivity contribution in [2.75, 3.05) is 62.3 Å². The van der Waals surface area contributed by atoms with Crippen molar-refractivity contribution < 1.29 is 14.5 Å². The first-order valence-corrected chi connectivity index (χ1v) is 11.4. The monoisotopic (exact) mass is 489 g/mol. The van der Waals surface area contributed by atoms with Gasteiger partial charge in [0.1, 0.15) is 5.69 Å². The normalized spacial score (nSPS) is 16.5. The summed E-state index contributed by atoms with van der Waals surface area (Å²) in [7, 11) is 0. The summed E-state index contributed by atoms with van der Waals surface area (Å²) in [5, 5.41) is 15.3. The van der Waals surface area contributed by atoms with Gasteiger partial charge in [0.2, 0.25) is 0 Å². The lowest BCUT2D eigenvalue weighted by Gasteiger charge is -2.37. The van der Waals surface area contributed by atoms with Crippen molar-refractivity contribution in [2.45, 2.75) is 0 Å². The number of halogens is 1. The van der Waals surface area contributed by atoms with Gasteiger partial charge in [0.15, 0.2) is 5.11 Å². The number of hydrogen-bond acceptors (Lipinski definition) is 7. The van der Waals surface area contributed by atoms with Crippen LogP contribution >= 0.6 is 23.8 Å². The molecule has 2 heterocycles. The Hall–Kier alpha value is -2.95. The molecule has 0 aliphatic carbocycles. The van der Waals surface area contributed by atoms with Gasteiger partial charge < -0.3 is 19.4 Å². The van der Waals surface area contributed by atoms with Crippen molar-refractivity contribution in [3.63, 3.8) is 0 Å². The molecule has 0 spiro atoms. The minimum atomic E-state index is -0.339. The maximum atomic E-state index is 12.4. The zero-order chi connectivity index (χ0) is 23.4. The van der Waals surface area contributed by atoms with Crippen LogP contribution in [0.5, 0.6) is 0 Å². The van der Waals surface area contributed by atoms with E-state index in [0.29, 0.717) is 73.9 Å². The maximum Gasteiger partial charge on any atom is 0.292 e. The fraction of sp³-hybridized carbons (Fsp3) is 0.364. The van der Waals surface area contributed by atoms with E-state index in [4.69, 9.17) is 28.6 Å². The highest BCUT2D eigenvalue weighted by Crippen LogP contribution is 2.33. The molecule has 0 atom stereocenters. The number of carbonyl (C=O) groups excluding carboxylic acids is 1. The average Bonchev–Trinajstić information content (AvgIpc) is 2.84. The third kappa shape index (κ3) is 5.52. The second-order valence-corrected chi connectivity index (χ2v) is 8.59. The van der Waals surface area contributed by atoms with Gasteiger partial charge in [-0.3, -0.25) is 20.2 Å². The molecule has 2 aliphatic rings. The number of piperazine rings is 1. The predicted molar refractivity (Wildman–Crippen MR) is 131 cm³/mol. The number of morpholine rings is 1. The highest BCUT2D eigenvalue weighted by molar-refractivity contribution is 7.80. The first kappa shape index (κ1) is 23.2. The molecule has 0 saturated carbocycles. The molecule has 4 rings (SSSR count). The Morgan fingerprint density at radius 2 is 1.67 bits per heavy atom. The smallest absolute Gasteiger partial charge is 0.292 e. The summed E-state index contributed by atoms with van der Waals surface area (Å²) in [4.78, 5) is 29.8. The number of anilines is 2. The Bertz CT molecular complexity index is 1040. The number of amides is 1. The number of hydrogen-bond donors (Lipinski definition) is 1. The standard InChI is InChI=1S/C22H24ClN5O4S/c23-17-3-1-16(2-4-17)21(29)24-22(33)27-9-7-25(8-10-27)18-5-6-19(28(30)31)20(15-18)26-11-13-32-14-12-26/h1-6,15H,7-14H2,(H,24,29,33). The van der Waals surface area contributed by atoms with E-state index < -0.39 is 0 Å². The minimum absolute atomic E-state index is 0.102. The zero-order valence-electron chi connectivity index (χ0n) is 17.9. The van der Waals surface area contributed by atoms with Gasteiger partial charge in [-0.1, -0.05) is 11.6 Å². The highest BCUT2D eigenvalue weighted by Gasteiger charge is 2.25. The van der Waals surface area contributed by atoms with Crippen LogP contribution in [0, 0.1) is 10.1 Å². The fourth-order valence-corrected chi connectivity index (χ4v) is 4.34. The molecule has 2 aromatic carbocycles. The number of nitrogens with one attached hydrogen (secondary N) is 1. The third-order valence-corrected chi connectivity index (χ3v) is 6.38. The van der Waals surface area contributed by atoms with E-state index in [1.165, 1.54) is 0 Å². The van der Waals surface area contributed by atoms with E-state index in [-0.39, 0.29) is 16.5 Å². The Balaban J connectivity index is 1.39. The molecule has 2 fully saturated rings. The molecular formula is C22H24ClN5O4S. The molecule has 0 aromatic heterocycles. The molecule has 1 N–H and O–H groups in total. The Kier molecular flexibility index (Phi) is 7.26. The van der Waals surface area contributed by atoms with Gasteiger partial charge in [0.05, 0.1) is 18.1 Å². The molecule has 2 aliphatic heterocycles. The first-order valence-electron chi connectivity index (χ1n) is 10.6. The van der Waals surface area contributed by atoms with Crippen molar-refractivity contribution in [3.05, 3.63) is 63.2 Å². The van der Waals surface area contributed by atoms with Crippen LogP contribution in [0.25, 0.3) is 0 Å². The summed E-state index contributed by atoms with van der Waals surface area (Å²) in [6, 6.07) is 11.9. The summed E-state index contributed by atoms with van der Waals surface area (Å²) in [6.45, 7) is 4.97. The Morgan fingerprint density at radius 3 is 2.30 bits per heavy atom. The van der Waals surface area contributed by atoms with E-state index in [2.05, 4.69) is 10.2 Å². The molecule has 2 aromatic rings. The highest BCUT2D eigenvalue weighted by atomic mass is 35.5. The molecule has 2 saturated heterocycles. The number of benzene rings is 2. The predicted octanol–water partition coefficient (Wildman–Crippen LogP) is 2.92. The quantitative estimate of drug-likeness (QED) is 0.398. The summed E-state index contributed by atoms with van der Waals surface area (Å²) in [5.74, 6) is -0.274. The molecular weight excluding hydrogens is 466 g/mol. The second kappa shape index (κ2) is 10.3. The van der Waals surface area contributed by atoms with Gasteiger partial charge in [0.25, 0.3) is 11.6 Å². The number of thiocarbonyl (C=S) groups is 1. The van der Waals surface area contributed by atoms with E-state index >= 15 is 0 Å². The van der Waals surface area contributed by atoms with Crippen molar-refractivity contribution in [1.29, 1.82) is 0 Å². The maximum absolute atomic E-state index is 12.4. The van der Waals surface area contributed by atoms with Crippen LogP contribution in [-0.2, 0) is 4.74 Å². The SMILES string of the molecule is O=C(NC(=S)N1CCN(c2ccc([N+](=O)[O-])c(N3CCOCC3)c2)CC1)c1ccc(Cl)cc1. The number of ether oxygens (including phenoxy) is 1. The largest absolute Gasteiger partial charge is 0.378 e. The molecule has 0 unspecified atom stereocenters. The van der Waals surface area contributed by atoms with E-state index in [9.17, 15) is 14.9 Å². The Labute approximate surface area is 202 Å². The lowest BCUT2D eigenvalue weighted by atomic mass is 10.1. The van der Waals surface area contributed by atoms with Crippen molar-refractivity contribution >= 4 is 51.9 Å². The second-order valence-electron chi connectivity index (χ2n) is 7.77. The zero-order valence-corrected chi connectivity index (χ0v) is 19.5. The number of nitro groups is 1. The van der Waals surface area contributed by atoms with Gasteiger partial charge in [-0.2, -0.15) is 0 Å². The topological polar surface area (TPSA) is 91.2 Å². The molecule has 9 nitrogen and oxygen atoms in total. The van der Waals surface area contributed by atoms with Crippen LogP contribution in [0.4, 0.5) is 17.1 Å². The van der Waals surface area contributed by atoms with Crippen molar-refractivity contribution in [1.82, 2.24) is 10.2 Å². The molecule has 33 heavy (non-hydrogen) atoms. The molecule has 11 heteroatoms. The average molecular weight is 490 g/mol. The van der Waals surface area contributed by atoms with Crippen LogP contribution in [0.1, 0.15) is 10.4 Å². The van der Waals surface area contributed by atoms with Crippen LogP contribution in [0.3, 0.4) is 0 Å². The van der Waals surface area contributed by atoms with Gasteiger partial charge in [-0.15, -0.1) is 0 Å². The van der Waals surface area contributed by atoms with Crippen LogP contribution in [-0.4, -0.2) is 73.3 Å². The summed E-state index contributed by atoms with van der Waals surface area (Å²) >= 11 is 11.3. The fourth-order valence-electron chi connectivity index (χ4n) is 3.94. The van der Waals surface area contributed by atoms with Crippen molar-refractivity contribution in [3.8, 4) is 0 Å². The lowest BCUT2D eigenvalue weighted by molar-refractivity contribution is -0.384. The van der Waals surface area contributed by atoms with Gasteiger partial charge >= 0.3 is 0 Å². The van der Waals surface area contributed by atoms with Crippen LogP contribution in [0.2, 0.25) is 5.02 Å². The third-order valence-electron chi connectivity index (χ3n) is 5.77. The number of carbonyl (C=O) groups is 1. The summed E-state index contributed by atoms with van der Waals surface area (Å²) in [6.07, 6.45) is 0. The molecule has 1 amide bonds. The first-order chi connectivity index (χ1) is 15.9. The van der Waals surface area contributed by atoms with Crippen molar-refractivity contribution in [2.24, 2.45) is 0 Å². The minimum Gasteiger partial charge on any atom is -0.378 e. The number of nitrogens with zero attached hydrogens (tertiary/aromatic N) is 4. The van der Waals surface area contributed by atoms with E-state index in [0.717, 1.165) is 5.69 Å². The van der Waals surface area contributed by atoms with Gasteiger partial charge in [-0.05, 0) is 48.6 Å². The molecule has 0 bridgehead atoms. The number of rotatable bonds is 4. The molecule has 174 valence electrons. The van der Waals surface area contributed by atoms with E-state index in [1.54, 1.807) is 36.4 Å². The summed E-state index contributed by atoms with van der Waals surface area (Å²) in [5.41, 5.74) is 2.14. The van der Waals surface area contributed by atoms with Crippen LogP contribution < -0.4 is 15.1 Å². The van der Waals surface area contributed by atoms with E-state index in [1.807, 2.05) is 15.9 Å². The Morgan fingerprint density at radius 1 is 1.00 bits per heavy atom. The van der Waals surface area contributed by atoms with Gasteiger partial charge in [-0.25, -0.2) is 0 Å². The van der Waals surface area contributed by atoms with Crippen LogP contribution in [0.15, 0.2) is 42.5 Å². The lowest BCUT2D eigenvalue weighted by Crippen LogP contribution is -2.52. The van der Waals surface area contributed by atoms with Gasteiger partial charge in [0, 0.05) is 61.6 Å². The summed E-state index contributed by atoms with van der Waals surface area (Å²) < 4.78 is 5.39.